The fraction of sp³-hybridized carbons (Fsp3) is 0.382. The molecule has 0 spiro atoms. The van der Waals surface area contributed by atoms with E-state index in [1.54, 1.807) is 0 Å². The van der Waals surface area contributed by atoms with Crippen LogP contribution in [0.4, 0.5) is 0 Å². The SMILES string of the molecule is CC(=O)NCCc1ccccc1Cc1ccccc1CCC(=O)N1CCNCC1Cc1ccc(OCC(=O)NS(C)=O)cc1. The predicted molar refractivity (Wildman–Crippen MR) is 173 cm³/mol. The summed E-state index contributed by atoms with van der Waals surface area (Å²) < 4.78 is 18.9. The summed E-state index contributed by atoms with van der Waals surface area (Å²) >= 11 is 0. The number of amides is 3. The summed E-state index contributed by atoms with van der Waals surface area (Å²) in [6, 6.07) is 24.2. The van der Waals surface area contributed by atoms with Crippen molar-refractivity contribution in [3.8, 4) is 5.75 Å². The van der Waals surface area contributed by atoms with Crippen LogP contribution in [-0.4, -0.2) is 71.9 Å². The molecular weight excluding hydrogens is 576 g/mol. The topological polar surface area (TPSA) is 117 Å². The Bertz CT molecular complexity index is 1450. The molecule has 0 bridgehead atoms. The monoisotopic (exact) mass is 618 g/mol. The lowest BCUT2D eigenvalue weighted by atomic mass is 9.93. The molecule has 9 nitrogen and oxygen atoms in total. The molecule has 1 heterocycles. The fourth-order valence-electron chi connectivity index (χ4n) is 5.52. The van der Waals surface area contributed by atoms with E-state index >= 15 is 0 Å². The van der Waals surface area contributed by atoms with Crippen molar-refractivity contribution in [1.29, 1.82) is 0 Å². The lowest BCUT2D eigenvalue weighted by molar-refractivity contribution is -0.134. The summed E-state index contributed by atoms with van der Waals surface area (Å²) in [4.78, 5) is 38.5. The number of carbonyl (C=O) groups is 3. The van der Waals surface area contributed by atoms with Crippen molar-refractivity contribution in [2.75, 3.05) is 39.0 Å². The number of hydrogen-bond acceptors (Lipinski definition) is 6. The molecule has 44 heavy (non-hydrogen) atoms. The minimum atomic E-state index is -1.42. The van der Waals surface area contributed by atoms with Crippen LogP contribution in [0.5, 0.6) is 5.75 Å². The summed E-state index contributed by atoms with van der Waals surface area (Å²) in [5.41, 5.74) is 5.92. The van der Waals surface area contributed by atoms with Crippen LogP contribution in [0.2, 0.25) is 0 Å². The second kappa shape index (κ2) is 16.7. The predicted octanol–water partition coefficient (Wildman–Crippen LogP) is 2.72. The average Bonchev–Trinajstić information content (AvgIpc) is 3.01. The maximum Gasteiger partial charge on any atom is 0.269 e. The third-order valence-electron chi connectivity index (χ3n) is 7.69. The first kappa shape index (κ1) is 32.9. The van der Waals surface area contributed by atoms with Crippen LogP contribution in [0, 0.1) is 0 Å². The quantitative estimate of drug-likeness (QED) is 0.256. The highest BCUT2D eigenvalue weighted by atomic mass is 32.2. The number of ether oxygens (including phenoxy) is 1. The average molecular weight is 619 g/mol. The molecule has 1 saturated heterocycles. The third kappa shape index (κ3) is 10.3. The minimum Gasteiger partial charge on any atom is -0.484 e. The minimum absolute atomic E-state index is 0.0251. The first-order valence-corrected chi connectivity index (χ1v) is 16.6. The van der Waals surface area contributed by atoms with Crippen LogP contribution in [0.25, 0.3) is 0 Å². The van der Waals surface area contributed by atoms with Crippen molar-refractivity contribution in [1.82, 2.24) is 20.3 Å². The van der Waals surface area contributed by atoms with Crippen LogP contribution in [-0.2, 0) is 51.1 Å². The normalized spacial score (nSPS) is 15.3. The first-order valence-electron chi connectivity index (χ1n) is 15.0. The van der Waals surface area contributed by atoms with E-state index in [4.69, 9.17) is 4.74 Å². The second-order valence-electron chi connectivity index (χ2n) is 11.0. The van der Waals surface area contributed by atoms with E-state index in [0.717, 1.165) is 31.5 Å². The van der Waals surface area contributed by atoms with Crippen molar-refractivity contribution in [3.05, 3.63) is 101 Å². The molecule has 0 radical (unpaired) electrons. The van der Waals surface area contributed by atoms with Gasteiger partial charge in [0.15, 0.2) is 6.61 Å². The highest BCUT2D eigenvalue weighted by Crippen LogP contribution is 2.21. The van der Waals surface area contributed by atoms with Crippen molar-refractivity contribution in [3.63, 3.8) is 0 Å². The van der Waals surface area contributed by atoms with Gasteiger partial charge in [-0.05, 0) is 65.6 Å². The Morgan fingerprint density at radius 3 is 2.20 bits per heavy atom. The Labute approximate surface area is 262 Å². The third-order valence-corrected chi connectivity index (χ3v) is 8.20. The number of carbonyl (C=O) groups excluding carboxylic acids is 3. The lowest BCUT2D eigenvalue weighted by Crippen LogP contribution is -2.54. The van der Waals surface area contributed by atoms with E-state index in [2.05, 4.69) is 39.6 Å². The van der Waals surface area contributed by atoms with Gasteiger partial charge in [-0.15, -0.1) is 0 Å². The van der Waals surface area contributed by atoms with Gasteiger partial charge in [0, 0.05) is 51.8 Å². The molecule has 3 N–H and O–H groups in total. The molecule has 3 amide bonds. The van der Waals surface area contributed by atoms with Gasteiger partial charge in [0.2, 0.25) is 11.8 Å². The van der Waals surface area contributed by atoms with Gasteiger partial charge in [0.05, 0.1) is 0 Å². The van der Waals surface area contributed by atoms with E-state index < -0.39 is 16.9 Å². The zero-order valence-electron chi connectivity index (χ0n) is 25.5. The molecule has 1 aliphatic rings. The van der Waals surface area contributed by atoms with E-state index in [-0.39, 0.29) is 24.5 Å². The number of aryl methyl sites for hydroxylation is 1. The molecular formula is C34H42N4O5S. The van der Waals surface area contributed by atoms with Gasteiger partial charge >= 0.3 is 0 Å². The van der Waals surface area contributed by atoms with Gasteiger partial charge in [-0.2, -0.15) is 0 Å². The Morgan fingerprint density at radius 1 is 0.932 bits per heavy atom. The van der Waals surface area contributed by atoms with E-state index in [0.29, 0.717) is 38.1 Å². The number of nitrogens with zero attached hydrogens (tertiary/aromatic N) is 1. The van der Waals surface area contributed by atoms with Gasteiger partial charge in [-0.25, -0.2) is 4.21 Å². The summed E-state index contributed by atoms with van der Waals surface area (Å²) in [6.45, 7) is 4.10. The first-order chi connectivity index (χ1) is 21.3. The van der Waals surface area contributed by atoms with Crippen molar-refractivity contribution >= 4 is 28.7 Å². The molecule has 10 heteroatoms. The highest BCUT2D eigenvalue weighted by Gasteiger charge is 2.26. The van der Waals surface area contributed by atoms with Crippen LogP contribution >= 0.6 is 0 Å². The summed E-state index contributed by atoms with van der Waals surface area (Å²) in [6.07, 6.45) is 4.76. The number of rotatable bonds is 14. The lowest BCUT2D eigenvalue weighted by Gasteiger charge is -2.36. The Morgan fingerprint density at radius 2 is 1.57 bits per heavy atom. The van der Waals surface area contributed by atoms with E-state index in [1.807, 2.05) is 53.4 Å². The number of hydrogen-bond donors (Lipinski definition) is 3. The smallest absolute Gasteiger partial charge is 0.269 e. The number of benzene rings is 3. The molecule has 3 aromatic rings. The summed E-state index contributed by atoms with van der Waals surface area (Å²) in [5, 5.41) is 6.31. The standard InChI is InChI=1S/C34H42N4O5S/c1-25(39)36-18-17-28-8-4-6-10-30(28)22-29-9-5-3-7-27(29)13-16-34(41)38-20-19-35-23-31(38)21-26-11-14-32(15-12-26)43-24-33(40)37-44(2)42/h3-12,14-15,31,35H,13,16-24H2,1-2H3,(H,36,39)(H,37,40). The zero-order chi connectivity index (χ0) is 31.3. The maximum absolute atomic E-state index is 13.5. The highest BCUT2D eigenvalue weighted by molar-refractivity contribution is 7.82. The maximum atomic E-state index is 13.5. The molecule has 0 aliphatic carbocycles. The van der Waals surface area contributed by atoms with E-state index in [9.17, 15) is 18.6 Å². The Kier molecular flexibility index (Phi) is 12.5. The molecule has 2 unspecified atom stereocenters. The molecule has 1 aliphatic heterocycles. The molecule has 0 aromatic heterocycles. The zero-order valence-corrected chi connectivity index (χ0v) is 26.3. The van der Waals surface area contributed by atoms with Crippen LogP contribution in [0.3, 0.4) is 0 Å². The summed E-state index contributed by atoms with van der Waals surface area (Å²) in [7, 11) is -1.42. The molecule has 234 valence electrons. The van der Waals surface area contributed by atoms with Crippen molar-refractivity contribution in [2.24, 2.45) is 0 Å². The van der Waals surface area contributed by atoms with E-state index in [1.165, 1.54) is 35.4 Å². The molecule has 2 atom stereocenters. The Balaban J connectivity index is 1.34. The van der Waals surface area contributed by atoms with Crippen molar-refractivity contribution in [2.45, 2.75) is 45.1 Å². The fourth-order valence-corrected chi connectivity index (χ4v) is 5.89. The molecule has 3 aromatic carbocycles. The summed E-state index contributed by atoms with van der Waals surface area (Å²) in [5.74, 6) is 0.238. The molecule has 4 rings (SSSR count). The molecule has 0 saturated carbocycles. The second-order valence-corrected chi connectivity index (χ2v) is 12.1. The Hall–Kier alpha value is -4.02. The van der Waals surface area contributed by atoms with Gasteiger partial charge in [-0.3, -0.25) is 19.1 Å². The molecule has 1 fully saturated rings. The van der Waals surface area contributed by atoms with Crippen LogP contribution in [0.1, 0.15) is 41.2 Å². The van der Waals surface area contributed by atoms with Gasteiger partial charge < -0.3 is 20.3 Å². The number of nitrogens with one attached hydrogen (secondary N) is 3. The van der Waals surface area contributed by atoms with Crippen LogP contribution < -0.4 is 20.1 Å². The van der Waals surface area contributed by atoms with Gasteiger partial charge in [0.25, 0.3) is 5.91 Å². The van der Waals surface area contributed by atoms with Gasteiger partial charge in [-0.1, -0.05) is 60.7 Å². The largest absolute Gasteiger partial charge is 0.484 e. The van der Waals surface area contributed by atoms with Crippen molar-refractivity contribution < 1.29 is 23.3 Å². The number of piperazine rings is 1. The van der Waals surface area contributed by atoms with Gasteiger partial charge in [0.1, 0.15) is 16.7 Å². The van der Waals surface area contributed by atoms with Crippen LogP contribution in [0.15, 0.2) is 72.8 Å².